The number of hydrogen-bond donors (Lipinski definition) is 0. The van der Waals surface area contributed by atoms with E-state index in [1.54, 1.807) is 6.07 Å². The average molecular weight is 321 g/mol. The summed E-state index contributed by atoms with van der Waals surface area (Å²) >= 11 is 5.64. The maximum absolute atomic E-state index is 12.4. The molecule has 0 aliphatic carbocycles. The zero-order chi connectivity index (χ0) is 15.0. The molecule has 1 aromatic heterocycles. The molecule has 114 valence electrons. The summed E-state index contributed by atoms with van der Waals surface area (Å²) < 4.78 is 31.6. The van der Waals surface area contributed by atoms with Crippen LogP contribution >= 0.6 is 11.6 Å². The number of rotatable bonds is 3. The molecule has 20 heavy (non-hydrogen) atoms. The molecule has 0 saturated carbocycles. The monoisotopic (exact) mass is 320 g/mol. The smallest absolute Gasteiger partial charge is 0.276 e. The van der Waals surface area contributed by atoms with Gasteiger partial charge in [-0.15, -0.1) is 11.6 Å². The first-order valence-corrected chi connectivity index (χ1v) is 8.62. The van der Waals surface area contributed by atoms with Crippen molar-refractivity contribution in [1.29, 1.82) is 0 Å². The van der Waals surface area contributed by atoms with E-state index in [1.807, 2.05) is 0 Å². The van der Waals surface area contributed by atoms with Gasteiger partial charge in [-0.05, 0) is 32.9 Å². The minimum Gasteiger partial charge on any atom is -0.447 e. The van der Waals surface area contributed by atoms with Crippen molar-refractivity contribution in [3.8, 4) is 0 Å². The molecule has 7 heteroatoms. The van der Waals surface area contributed by atoms with E-state index in [1.165, 1.54) is 10.4 Å². The molecule has 2 rings (SSSR count). The van der Waals surface area contributed by atoms with Gasteiger partial charge in [-0.3, -0.25) is 4.90 Å². The number of halogens is 1. The second kappa shape index (κ2) is 5.67. The Morgan fingerprint density at radius 1 is 1.20 bits per heavy atom. The highest BCUT2D eigenvalue weighted by Crippen LogP contribution is 2.23. The third kappa shape index (κ3) is 3.19. The molecule has 2 heterocycles. The zero-order valence-electron chi connectivity index (χ0n) is 12.1. The number of furan rings is 1. The third-order valence-electron chi connectivity index (χ3n) is 3.55. The van der Waals surface area contributed by atoms with Gasteiger partial charge in [-0.1, -0.05) is 0 Å². The Labute approximate surface area is 125 Å². The van der Waals surface area contributed by atoms with E-state index < -0.39 is 10.0 Å². The Bertz CT molecular complexity index is 554. The SMILES string of the molecule is CC(C)(C)N1CCN(S(=O)(=O)c2ccc(CCl)o2)CC1. The van der Waals surface area contributed by atoms with Crippen LogP contribution in [0.1, 0.15) is 26.5 Å². The lowest BCUT2D eigenvalue weighted by Crippen LogP contribution is -2.54. The van der Waals surface area contributed by atoms with E-state index in [-0.39, 0.29) is 16.5 Å². The van der Waals surface area contributed by atoms with Crippen LogP contribution in [0.25, 0.3) is 0 Å². The van der Waals surface area contributed by atoms with Crippen molar-refractivity contribution >= 4 is 21.6 Å². The van der Waals surface area contributed by atoms with E-state index in [2.05, 4.69) is 25.7 Å². The highest BCUT2D eigenvalue weighted by Gasteiger charge is 2.33. The van der Waals surface area contributed by atoms with Gasteiger partial charge in [0.2, 0.25) is 5.09 Å². The first kappa shape index (κ1) is 15.8. The van der Waals surface area contributed by atoms with E-state index in [4.69, 9.17) is 16.0 Å². The van der Waals surface area contributed by atoms with Gasteiger partial charge in [0.1, 0.15) is 5.76 Å². The lowest BCUT2D eigenvalue weighted by atomic mass is 10.1. The summed E-state index contributed by atoms with van der Waals surface area (Å²) in [7, 11) is -3.54. The fourth-order valence-electron chi connectivity index (χ4n) is 2.30. The van der Waals surface area contributed by atoms with Crippen molar-refractivity contribution < 1.29 is 12.8 Å². The fraction of sp³-hybridized carbons (Fsp3) is 0.692. The summed E-state index contributed by atoms with van der Waals surface area (Å²) in [5.41, 5.74) is 0.0618. The molecule has 0 radical (unpaired) electrons. The van der Waals surface area contributed by atoms with E-state index in [0.717, 1.165) is 13.1 Å². The maximum atomic E-state index is 12.4. The predicted octanol–water partition coefficient (Wildman–Crippen LogP) is 2.12. The molecule has 1 aromatic rings. The molecular weight excluding hydrogens is 300 g/mol. The Kier molecular flexibility index (Phi) is 4.49. The van der Waals surface area contributed by atoms with E-state index >= 15 is 0 Å². The quantitative estimate of drug-likeness (QED) is 0.801. The molecule has 1 aliphatic rings. The number of alkyl halides is 1. The summed E-state index contributed by atoms with van der Waals surface area (Å²) in [5.74, 6) is 0.645. The summed E-state index contributed by atoms with van der Waals surface area (Å²) in [6.07, 6.45) is 0. The van der Waals surface area contributed by atoms with Crippen LogP contribution in [0.2, 0.25) is 0 Å². The van der Waals surface area contributed by atoms with Gasteiger partial charge < -0.3 is 4.42 Å². The van der Waals surface area contributed by atoms with Gasteiger partial charge in [0.05, 0.1) is 5.88 Å². The molecule has 0 unspecified atom stereocenters. The predicted molar refractivity (Wildman–Crippen MR) is 78.3 cm³/mol. The van der Waals surface area contributed by atoms with Gasteiger partial charge >= 0.3 is 0 Å². The van der Waals surface area contributed by atoms with Gasteiger partial charge in [0, 0.05) is 31.7 Å². The van der Waals surface area contributed by atoms with Crippen molar-refractivity contribution in [3.05, 3.63) is 17.9 Å². The summed E-state index contributed by atoms with van der Waals surface area (Å²) in [4.78, 5) is 2.28. The molecular formula is C13H21ClN2O3S. The Morgan fingerprint density at radius 2 is 1.80 bits per heavy atom. The van der Waals surface area contributed by atoms with Crippen LogP contribution in [0.3, 0.4) is 0 Å². The van der Waals surface area contributed by atoms with Crippen LogP contribution in [-0.4, -0.2) is 49.3 Å². The van der Waals surface area contributed by atoms with Crippen molar-refractivity contribution in [3.63, 3.8) is 0 Å². The van der Waals surface area contributed by atoms with Gasteiger partial charge in [0.15, 0.2) is 0 Å². The number of sulfonamides is 1. The average Bonchev–Trinajstić information content (AvgIpc) is 2.87. The van der Waals surface area contributed by atoms with Crippen molar-refractivity contribution in [1.82, 2.24) is 9.21 Å². The molecule has 0 spiro atoms. The normalized spacial score (nSPS) is 19.4. The molecule has 0 N–H and O–H groups in total. The van der Waals surface area contributed by atoms with Crippen LogP contribution in [0.4, 0.5) is 0 Å². The van der Waals surface area contributed by atoms with Crippen molar-refractivity contribution in [2.24, 2.45) is 0 Å². The first-order valence-electron chi connectivity index (χ1n) is 6.65. The lowest BCUT2D eigenvalue weighted by molar-refractivity contribution is 0.0916. The Morgan fingerprint density at radius 3 is 2.25 bits per heavy atom. The lowest BCUT2D eigenvalue weighted by Gasteiger charge is -2.41. The third-order valence-corrected chi connectivity index (χ3v) is 5.59. The van der Waals surface area contributed by atoms with Gasteiger partial charge in [0.25, 0.3) is 10.0 Å². The van der Waals surface area contributed by atoms with Gasteiger partial charge in [-0.25, -0.2) is 8.42 Å². The van der Waals surface area contributed by atoms with Crippen LogP contribution in [0, 0.1) is 0 Å². The first-order chi connectivity index (χ1) is 9.25. The number of hydrogen-bond acceptors (Lipinski definition) is 4. The molecule has 0 atom stereocenters. The number of piperazine rings is 1. The highest BCUT2D eigenvalue weighted by molar-refractivity contribution is 7.89. The van der Waals surface area contributed by atoms with E-state index in [0.29, 0.717) is 18.8 Å². The van der Waals surface area contributed by atoms with Crippen molar-refractivity contribution in [2.45, 2.75) is 37.3 Å². The topological polar surface area (TPSA) is 53.8 Å². The minimum atomic E-state index is -3.54. The van der Waals surface area contributed by atoms with Crippen LogP contribution < -0.4 is 0 Å². The van der Waals surface area contributed by atoms with Crippen LogP contribution in [0.15, 0.2) is 21.6 Å². The Balaban J connectivity index is 2.09. The maximum Gasteiger partial charge on any atom is 0.276 e. The molecule has 1 aliphatic heterocycles. The largest absolute Gasteiger partial charge is 0.447 e. The summed E-state index contributed by atoms with van der Waals surface area (Å²) in [5, 5.41) is -0.0163. The highest BCUT2D eigenvalue weighted by atomic mass is 35.5. The molecule has 1 fully saturated rings. The standard InChI is InChI=1S/C13H21ClN2O3S/c1-13(2,3)15-6-8-16(9-7-15)20(17,18)12-5-4-11(10-14)19-12/h4-5H,6-10H2,1-3H3. The molecule has 1 saturated heterocycles. The van der Waals surface area contributed by atoms with Crippen molar-refractivity contribution in [2.75, 3.05) is 26.2 Å². The number of nitrogens with zero attached hydrogens (tertiary/aromatic N) is 2. The van der Waals surface area contributed by atoms with Crippen LogP contribution in [-0.2, 0) is 15.9 Å². The molecule has 0 bridgehead atoms. The molecule has 0 aromatic carbocycles. The Hall–Kier alpha value is -0.560. The van der Waals surface area contributed by atoms with Crippen LogP contribution in [0.5, 0.6) is 0 Å². The van der Waals surface area contributed by atoms with Gasteiger partial charge in [-0.2, -0.15) is 4.31 Å². The second-order valence-corrected chi connectivity index (χ2v) is 8.05. The fourth-order valence-corrected chi connectivity index (χ4v) is 3.79. The second-order valence-electron chi connectivity index (χ2n) is 5.92. The molecule has 0 amide bonds. The summed E-state index contributed by atoms with van der Waals surface area (Å²) in [6.45, 7) is 8.83. The summed E-state index contributed by atoms with van der Waals surface area (Å²) in [6, 6.07) is 3.08. The minimum absolute atomic E-state index is 0.0163. The zero-order valence-corrected chi connectivity index (χ0v) is 13.7. The van der Waals surface area contributed by atoms with E-state index in [9.17, 15) is 8.42 Å². The molecule has 5 nitrogen and oxygen atoms in total.